The van der Waals surface area contributed by atoms with Crippen LogP contribution in [0, 0.1) is 5.82 Å². The second-order valence-corrected chi connectivity index (χ2v) is 8.74. The van der Waals surface area contributed by atoms with Gasteiger partial charge in [0.05, 0.1) is 19.1 Å². The first-order chi connectivity index (χ1) is 16.0. The van der Waals surface area contributed by atoms with E-state index in [0.717, 1.165) is 37.0 Å². The average Bonchev–Trinajstić information content (AvgIpc) is 3.27. The van der Waals surface area contributed by atoms with Gasteiger partial charge in [0.1, 0.15) is 23.9 Å². The van der Waals surface area contributed by atoms with Crippen molar-refractivity contribution in [2.45, 2.75) is 37.5 Å². The highest BCUT2D eigenvalue weighted by Crippen LogP contribution is 2.43. The van der Waals surface area contributed by atoms with E-state index in [4.69, 9.17) is 9.47 Å². The van der Waals surface area contributed by atoms with Crippen molar-refractivity contribution in [2.75, 3.05) is 39.9 Å². The van der Waals surface area contributed by atoms with Crippen LogP contribution in [0.5, 0.6) is 11.5 Å². The molecular weight excluding hydrogens is 423 g/mol. The van der Waals surface area contributed by atoms with Gasteiger partial charge in [-0.2, -0.15) is 0 Å². The van der Waals surface area contributed by atoms with E-state index in [1.54, 1.807) is 24.1 Å². The molecule has 0 atom stereocenters. The van der Waals surface area contributed by atoms with Gasteiger partial charge in [-0.1, -0.05) is 25.0 Å². The number of methoxy groups -OCH3 is 1. The summed E-state index contributed by atoms with van der Waals surface area (Å²) in [5, 5.41) is 0. The minimum atomic E-state index is -0.518. The SMILES string of the molecule is COc1ccc(C2(C(=O)N3CCC(=O)N(CCOc4ccc(F)cc4)CC3)CCCC2)cc1. The van der Waals surface area contributed by atoms with Crippen LogP contribution in [0.25, 0.3) is 0 Å². The highest BCUT2D eigenvalue weighted by Gasteiger charge is 2.45. The molecule has 2 aromatic carbocycles. The summed E-state index contributed by atoms with van der Waals surface area (Å²) in [6.07, 6.45) is 4.02. The topological polar surface area (TPSA) is 59.1 Å². The van der Waals surface area contributed by atoms with Crippen LogP contribution in [0.2, 0.25) is 0 Å². The minimum Gasteiger partial charge on any atom is -0.497 e. The van der Waals surface area contributed by atoms with Crippen molar-refractivity contribution < 1.29 is 23.5 Å². The third-order valence-corrected chi connectivity index (χ3v) is 6.83. The van der Waals surface area contributed by atoms with E-state index in [1.807, 2.05) is 29.2 Å². The van der Waals surface area contributed by atoms with Crippen LogP contribution in [0.1, 0.15) is 37.7 Å². The molecule has 176 valence electrons. The molecule has 0 bridgehead atoms. The Bertz CT molecular complexity index is 955. The van der Waals surface area contributed by atoms with E-state index in [1.165, 1.54) is 12.1 Å². The van der Waals surface area contributed by atoms with Gasteiger partial charge in [0.15, 0.2) is 0 Å². The first-order valence-corrected chi connectivity index (χ1v) is 11.6. The summed E-state index contributed by atoms with van der Waals surface area (Å²) >= 11 is 0. The first-order valence-electron chi connectivity index (χ1n) is 11.6. The monoisotopic (exact) mass is 454 g/mol. The van der Waals surface area contributed by atoms with Crippen LogP contribution in [0.4, 0.5) is 4.39 Å². The predicted octanol–water partition coefficient (Wildman–Crippen LogP) is 3.79. The molecule has 0 N–H and O–H groups in total. The lowest BCUT2D eigenvalue weighted by Gasteiger charge is -2.34. The molecule has 2 aromatic rings. The number of amides is 2. The van der Waals surface area contributed by atoms with E-state index < -0.39 is 5.41 Å². The second kappa shape index (κ2) is 10.2. The lowest BCUT2D eigenvalue weighted by atomic mass is 9.77. The van der Waals surface area contributed by atoms with Gasteiger partial charge in [-0.05, 0) is 54.8 Å². The molecular formula is C26H31FN2O4. The maximum atomic E-state index is 13.8. The summed E-state index contributed by atoms with van der Waals surface area (Å²) in [6, 6.07) is 13.7. The number of carbonyl (C=O) groups excluding carboxylic acids is 2. The molecule has 7 heteroatoms. The lowest BCUT2D eigenvalue weighted by Crippen LogP contribution is -2.47. The third kappa shape index (κ3) is 5.13. The fourth-order valence-electron chi connectivity index (χ4n) is 4.93. The second-order valence-electron chi connectivity index (χ2n) is 8.74. The minimum absolute atomic E-state index is 0.0259. The Kier molecular flexibility index (Phi) is 7.16. The number of hydrogen-bond acceptors (Lipinski definition) is 4. The van der Waals surface area contributed by atoms with Gasteiger partial charge in [0.2, 0.25) is 11.8 Å². The van der Waals surface area contributed by atoms with Gasteiger partial charge in [-0.3, -0.25) is 9.59 Å². The van der Waals surface area contributed by atoms with E-state index in [-0.39, 0.29) is 17.6 Å². The maximum Gasteiger partial charge on any atom is 0.233 e. The van der Waals surface area contributed by atoms with E-state index in [9.17, 15) is 14.0 Å². The molecule has 1 saturated heterocycles. The fraction of sp³-hybridized carbons (Fsp3) is 0.462. The highest BCUT2D eigenvalue weighted by molar-refractivity contribution is 5.89. The summed E-state index contributed by atoms with van der Waals surface area (Å²) in [4.78, 5) is 30.1. The van der Waals surface area contributed by atoms with Gasteiger partial charge < -0.3 is 19.3 Å². The molecule has 2 aliphatic rings. The highest BCUT2D eigenvalue weighted by atomic mass is 19.1. The normalized spacial score (nSPS) is 18.2. The quantitative estimate of drug-likeness (QED) is 0.639. The number of rotatable bonds is 7. The molecule has 33 heavy (non-hydrogen) atoms. The first kappa shape index (κ1) is 23.1. The van der Waals surface area contributed by atoms with Crippen LogP contribution in [-0.4, -0.2) is 61.5 Å². The van der Waals surface area contributed by atoms with Gasteiger partial charge in [0, 0.05) is 26.1 Å². The average molecular weight is 455 g/mol. The Labute approximate surface area is 194 Å². The van der Waals surface area contributed by atoms with Crippen molar-refractivity contribution in [3.63, 3.8) is 0 Å². The van der Waals surface area contributed by atoms with Gasteiger partial charge in [-0.15, -0.1) is 0 Å². The third-order valence-electron chi connectivity index (χ3n) is 6.83. The van der Waals surface area contributed by atoms with Crippen LogP contribution in [0.3, 0.4) is 0 Å². The zero-order valence-electron chi connectivity index (χ0n) is 19.1. The summed E-state index contributed by atoms with van der Waals surface area (Å²) in [5.74, 6) is 1.18. The molecule has 6 nitrogen and oxygen atoms in total. The van der Waals surface area contributed by atoms with Crippen LogP contribution in [0.15, 0.2) is 48.5 Å². The predicted molar refractivity (Wildman–Crippen MR) is 123 cm³/mol. The molecule has 2 amide bonds. The number of hydrogen-bond donors (Lipinski definition) is 0. The van der Waals surface area contributed by atoms with Crippen LogP contribution in [-0.2, 0) is 15.0 Å². The number of halogens is 1. The maximum absolute atomic E-state index is 13.8. The lowest BCUT2D eigenvalue weighted by molar-refractivity contribution is -0.137. The summed E-state index contributed by atoms with van der Waals surface area (Å²) < 4.78 is 24.0. The molecule has 0 aromatic heterocycles. The Balaban J connectivity index is 1.39. The van der Waals surface area contributed by atoms with Gasteiger partial charge in [0.25, 0.3) is 0 Å². The van der Waals surface area contributed by atoms with Crippen molar-refractivity contribution in [3.8, 4) is 11.5 Å². The summed E-state index contributed by atoms with van der Waals surface area (Å²) in [7, 11) is 1.64. The van der Waals surface area contributed by atoms with Crippen LogP contribution >= 0.6 is 0 Å². The smallest absolute Gasteiger partial charge is 0.233 e. The van der Waals surface area contributed by atoms with E-state index in [2.05, 4.69) is 0 Å². The van der Waals surface area contributed by atoms with Crippen molar-refractivity contribution in [1.29, 1.82) is 0 Å². The Morgan fingerprint density at radius 2 is 1.64 bits per heavy atom. The number of ether oxygens (including phenoxy) is 2. The Morgan fingerprint density at radius 1 is 0.970 bits per heavy atom. The molecule has 1 aliphatic heterocycles. The van der Waals surface area contributed by atoms with Crippen molar-refractivity contribution in [3.05, 3.63) is 59.9 Å². The standard InChI is InChI=1S/C26H31FN2O4/c1-32-22-8-4-20(5-9-22)26(13-2-3-14-26)25(31)29-15-12-24(30)28(16-17-29)18-19-33-23-10-6-21(27)7-11-23/h4-11H,2-3,12-19H2,1H3. The number of benzene rings is 2. The van der Waals surface area contributed by atoms with Crippen molar-refractivity contribution in [1.82, 2.24) is 9.80 Å². The summed E-state index contributed by atoms with van der Waals surface area (Å²) in [6.45, 7) is 2.18. The molecule has 2 fully saturated rings. The molecule has 1 aliphatic carbocycles. The largest absolute Gasteiger partial charge is 0.497 e. The molecule has 1 saturated carbocycles. The fourth-order valence-corrected chi connectivity index (χ4v) is 4.93. The summed E-state index contributed by atoms with van der Waals surface area (Å²) in [5.41, 5.74) is 0.516. The molecule has 0 spiro atoms. The molecule has 1 heterocycles. The Hall–Kier alpha value is -3.09. The van der Waals surface area contributed by atoms with Crippen molar-refractivity contribution >= 4 is 11.8 Å². The zero-order chi connectivity index (χ0) is 23.3. The molecule has 0 radical (unpaired) electrons. The van der Waals surface area contributed by atoms with Crippen molar-refractivity contribution in [2.24, 2.45) is 0 Å². The number of carbonyl (C=O) groups is 2. The van der Waals surface area contributed by atoms with Gasteiger partial charge in [-0.25, -0.2) is 4.39 Å². The van der Waals surface area contributed by atoms with Crippen LogP contribution < -0.4 is 9.47 Å². The van der Waals surface area contributed by atoms with E-state index in [0.29, 0.717) is 45.0 Å². The van der Waals surface area contributed by atoms with Gasteiger partial charge >= 0.3 is 0 Å². The zero-order valence-corrected chi connectivity index (χ0v) is 19.1. The number of nitrogens with zero attached hydrogens (tertiary/aromatic N) is 2. The van der Waals surface area contributed by atoms with E-state index >= 15 is 0 Å². The molecule has 0 unspecified atom stereocenters. The Morgan fingerprint density at radius 3 is 2.30 bits per heavy atom. The molecule has 4 rings (SSSR count).